The van der Waals surface area contributed by atoms with Crippen LogP contribution in [0.4, 0.5) is 0 Å². The Morgan fingerprint density at radius 2 is 1.94 bits per heavy atom. The summed E-state index contributed by atoms with van der Waals surface area (Å²) in [5.74, 6) is 0. The third-order valence-corrected chi connectivity index (χ3v) is 3.42. The topological polar surface area (TPSA) is 58.3 Å². The number of aliphatic hydroxyl groups is 1. The van der Waals surface area contributed by atoms with Crippen molar-refractivity contribution in [2.45, 2.75) is 77.3 Å². The van der Waals surface area contributed by atoms with E-state index >= 15 is 0 Å². The van der Waals surface area contributed by atoms with E-state index in [-0.39, 0.29) is 12.1 Å². The normalized spacial score (nSPS) is 16.8. The van der Waals surface area contributed by atoms with Crippen LogP contribution in [-0.2, 0) is 0 Å². The first-order chi connectivity index (χ1) is 8.08. The highest BCUT2D eigenvalue weighted by molar-refractivity contribution is 4.86. The van der Waals surface area contributed by atoms with Gasteiger partial charge in [-0.25, -0.2) is 0 Å². The van der Waals surface area contributed by atoms with Crippen molar-refractivity contribution in [3.63, 3.8) is 0 Å². The van der Waals surface area contributed by atoms with E-state index < -0.39 is 0 Å². The summed E-state index contributed by atoms with van der Waals surface area (Å²) in [6.07, 6.45) is 8.18. The second kappa shape index (κ2) is 9.86. The third kappa shape index (κ3) is 8.58. The number of hydrogen-bond acceptors (Lipinski definition) is 3. The molecule has 3 nitrogen and oxygen atoms in total. The number of rotatable bonds is 11. The van der Waals surface area contributed by atoms with Crippen molar-refractivity contribution in [3.8, 4) is 0 Å². The third-order valence-electron chi connectivity index (χ3n) is 3.42. The van der Waals surface area contributed by atoms with E-state index in [1.54, 1.807) is 0 Å². The molecule has 0 aliphatic heterocycles. The Bertz CT molecular complexity index is 176. The van der Waals surface area contributed by atoms with Crippen LogP contribution in [0.5, 0.6) is 0 Å². The summed E-state index contributed by atoms with van der Waals surface area (Å²) < 4.78 is 0. The maximum absolute atomic E-state index is 8.82. The Morgan fingerprint density at radius 3 is 2.47 bits per heavy atom. The molecular weight excluding hydrogens is 212 g/mol. The van der Waals surface area contributed by atoms with Gasteiger partial charge in [-0.3, -0.25) is 0 Å². The Hall–Kier alpha value is -0.120. The molecule has 0 fully saturated rings. The summed E-state index contributed by atoms with van der Waals surface area (Å²) in [7, 11) is 0. The molecule has 0 spiro atoms. The Kier molecular flexibility index (Phi) is 9.79. The van der Waals surface area contributed by atoms with Gasteiger partial charge in [0, 0.05) is 24.7 Å². The minimum absolute atomic E-state index is 0.0581. The fourth-order valence-corrected chi connectivity index (χ4v) is 2.24. The monoisotopic (exact) mass is 244 g/mol. The molecule has 0 radical (unpaired) electrons. The van der Waals surface area contributed by atoms with Crippen LogP contribution in [0, 0.1) is 0 Å². The molecule has 17 heavy (non-hydrogen) atoms. The fourth-order valence-electron chi connectivity index (χ4n) is 2.24. The lowest BCUT2D eigenvalue weighted by atomic mass is 9.92. The molecule has 0 bridgehead atoms. The standard InChI is InChI=1S/C14H32N2O/c1-4-5-6-7-10-14(3,12-15)16-13(2)9-8-11-17/h13,16-17H,4-12,15H2,1-3H3. The summed E-state index contributed by atoms with van der Waals surface area (Å²) in [6.45, 7) is 7.59. The van der Waals surface area contributed by atoms with Gasteiger partial charge >= 0.3 is 0 Å². The van der Waals surface area contributed by atoms with Crippen LogP contribution in [0.25, 0.3) is 0 Å². The molecule has 0 amide bonds. The minimum atomic E-state index is 0.0581. The maximum Gasteiger partial charge on any atom is 0.0431 e. The highest BCUT2D eigenvalue weighted by Gasteiger charge is 2.23. The van der Waals surface area contributed by atoms with Crippen molar-refractivity contribution in [2.75, 3.05) is 13.2 Å². The molecule has 0 aromatic heterocycles. The van der Waals surface area contributed by atoms with Gasteiger partial charge in [0.25, 0.3) is 0 Å². The molecule has 0 aliphatic rings. The first-order valence-corrected chi connectivity index (χ1v) is 7.16. The van der Waals surface area contributed by atoms with Gasteiger partial charge in [0.15, 0.2) is 0 Å². The molecule has 0 saturated heterocycles. The highest BCUT2D eigenvalue weighted by atomic mass is 16.2. The lowest BCUT2D eigenvalue weighted by Gasteiger charge is -2.33. The van der Waals surface area contributed by atoms with Gasteiger partial charge in [0.1, 0.15) is 0 Å². The van der Waals surface area contributed by atoms with Gasteiger partial charge in [-0.05, 0) is 33.1 Å². The van der Waals surface area contributed by atoms with Crippen LogP contribution in [-0.4, -0.2) is 29.8 Å². The summed E-state index contributed by atoms with van der Waals surface area (Å²) >= 11 is 0. The molecule has 104 valence electrons. The smallest absolute Gasteiger partial charge is 0.0431 e. The Morgan fingerprint density at radius 1 is 1.24 bits per heavy atom. The van der Waals surface area contributed by atoms with Gasteiger partial charge in [0.2, 0.25) is 0 Å². The van der Waals surface area contributed by atoms with Crippen molar-refractivity contribution in [1.29, 1.82) is 0 Å². The molecule has 2 atom stereocenters. The molecule has 0 aliphatic carbocycles. The summed E-state index contributed by atoms with van der Waals surface area (Å²) in [6, 6.07) is 0.432. The fraction of sp³-hybridized carbons (Fsp3) is 1.00. The van der Waals surface area contributed by atoms with Crippen molar-refractivity contribution in [3.05, 3.63) is 0 Å². The number of unbranched alkanes of at least 4 members (excludes halogenated alkanes) is 3. The zero-order chi connectivity index (χ0) is 13.1. The molecule has 2 unspecified atom stereocenters. The summed E-state index contributed by atoms with van der Waals surface area (Å²) in [4.78, 5) is 0. The van der Waals surface area contributed by atoms with E-state index in [0.717, 1.165) is 19.3 Å². The zero-order valence-electron chi connectivity index (χ0n) is 12.0. The largest absolute Gasteiger partial charge is 0.396 e. The molecule has 0 saturated carbocycles. The second-order valence-electron chi connectivity index (χ2n) is 5.49. The van der Waals surface area contributed by atoms with E-state index in [1.165, 1.54) is 25.7 Å². The van der Waals surface area contributed by atoms with Crippen LogP contribution < -0.4 is 11.1 Å². The van der Waals surface area contributed by atoms with Crippen LogP contribution in [0.3, 0.4) is 0 Å². The van der Waals surface area contributed by atoms with Gasteiger partial charge in [0.05, 0.1) is 0 Å². The Balaban J connectivity index is 3.90. The van der Waals surface area contributed by atoms with E-state index in [0.29, 0.717) is 12.6 Å². The average molecular weight is 244 g/mol. The number of nitrogens with one attached hydrogen (secondary N) is 1. The molecule has 0 heterocycles. The molecule has 4 N–H and O–H groups in total. The number of aliphatic hydroxyl groups excluding tert-OH is 1. The average Bonchev–Trinajstić information content (AvgIpc) is 2.32. The molecule has 0 rings (SSSR count). The van der Waals surface area contributed by atoms with E-state index in [1.807, 2.05) is 0 Å². The lowest BCUT2D eigenvalue weighted by Crippen LogP contribution is -2.52. The first-order valence-electron chi connectivity index (χ1n) is 7.16. The number of nitrogens with two attached hydrogens (primary N) is 1. The van der Waals surface area contributed by atoms with Crippen molar-refractivity contribution >= 4 is 0 Å². The summed E-state index contributed by atoms with van der Waals surface area (Å²) in [5, 5.41) is 12.4. The van der Waals surface area contributed by atoms with Crippen LogP contribution in [0.15, 0.2) is 0 Å². The zero-order valence-corrected chi connectivity index (χ0v) is 12.0. The van der Waals surface area contributed by atoms with E-state index in [4.69, 9.17) is 10.8 Å². The van der Waals surface area contributed by atoms with E-state index in [9.17, 15) is 0 Å². The quantitative estimate of drug-likeness (QED) is 0.489. The van der Waals surface area contributed by atoms with Gasteiger partial charge in [-0.15, -0.1) is 0 Å². The maximum atomic E-state index is 8.82. The first kappa shape index (κ1) is 16.9. The lowest BCUT2D eigenvalue weighted by molar-refractivity contribution is 0.252. The van der Waals surface area contributed by atoms with Crippen LogP contribution in [0.2, 0.25) is 0 Å². The SMILES string of the molecule is CCCCCCC(C)(CN)NC(C)CCCO. The highest BCUT2D eigenvalue weighted by Crippen LogP contribution is 2.16. The van der Waals surface area contributed by atoms with Crippen molar-refractivity contribution in [2.24, 2.45) is 5.73 Å². The predicted octanol–water partition coefficient (Wildman–Crippen LogP) is 2.42. The summed E-state index contributed by atoms with van der Waals surface area (Å²) in [5.41, 5.74) is 5.94. The van der Waals surface area contributed by atoms with Crippen molar-refractivity contribution in [1.82, 2.24) is 5.32 Å². The Labute approximate surface area is 107 Å². The molecular formula is C14H32N2O. The van der Waals surface area contributed by atoms with Gasteiger partial charge in [-0.2, -0.15) is 0 Å². The van der Waals surface area contributed by atoms with Gasteiger partial charge < -0.3 is 16.2 Å². The van der Waals surface area contributed by atoms with Crippen molar-refractivity contribution < 1.29 is 5.11 Å². The predicted molar refractivity (Wildman–Crippen MR) is 75.1 cm³/mol. The second-order valence-corrected chi connectivity index (χ2v) is 5.49. The minimum Gasteiger partial charge on any atom is -0.396 e. The van der Waals surface area contributed by atoms with Crippen LogP contribution >= 0.6 is 0 Å². The molecule has 3 heteroatoms. The van der Waals surface area contributed by atoms with E-state index in [2.05, 4.69) is 26.1 Å². The van der Waals surface area contributed by atoms with Gasteiger partial charge in [-0.1, -0.05) is 32.6 Å². The van der Waals surface area contributed by atoms with Crippen LogP contribution in [0.1, 0.15) is 65.7 Å². The molecule has 0 aromatic carbocycles. The molecule has 0 aromatic rings. The number of hydrogen-bond donors (Lipinski definition) is 3.